The van der Waals surface area contributed by atoms with Gasteiger partial charge in [0.2, 0.25) is 0 Å². The van der Waals surface area contributed by atoms with E-state index in [1.54, 1.807) is 25.1 Å². The molecule has 0 unspecified atom stereocenters. The van der Waals surface area contributed by atoms with E-state index in [0.29, 0.717) is 5.65 Å². The maximum atomic E-state index is 13.6. The van der Waals surface area contributed by atoms with E-state index in [4.69, 9.17) is 4.74 Å². The van der Waals surface area contributed by atoms with Crippen molar-refractivity contribution in [3.8, 4) is 0 Å². The van der Waals surface area contributed by atoms with Crippen LogP contribution in [0, 0.1) is 5.92 Å². The van der Waals surface area contributed by atoms with Crippen LogP contribution in [0.3, 0.4) is 0 Å². The third-order valence-electron chi connectivity index (χ3n) is 5.50. The second kappa shape index (κ2) is 10.00. The van der Waals surface area contributed by atoms with Gasteiger partial charge in [-0.25, -0.2) is 9.78 Å². The number of ether oxygens (including phenoxy) is 1. The lowest BCUT2D eigenvalue weighted by atomic mass is 10.1. The number of benzene rings is 1. The van der Waals surface area contributed by atoms with Crippen LogP contribution in [0.5, 0.6) is 0 Å². The van der Waals surface area contributed by atoms with Crippen LogP contribution in [-0.4, -0.2) is 32.4 Å². The molecule has 0 N–H and O–H groups in total. The van der Waals surface area contributed by atoms with Crippen molar-refractivity contribution in [2.75, 3.05) is 6.61 Å². The number of aromatic nitrogens is 3. The van der Waals surface area contributed by atoms with Gasteiger partial charge in [-0.2, -0.15) is 18.2 Å². The van der Waals surface area contributed by atoms with Crippen LogP contribution in [0.1, 0.15) is 47.1 Å². The lowest BCUT2D eigenvalue weighted by molar-refractivity contribution is -0.137. The first-order valence-corrected chi connectivity index (χ1v) is 11.5. The maximum Gasteiger partial charge on any atom is 0.417 e. The van der Waals surface area contributed by atoms with Gasteiger partial charge in [0.05, 0.1) is 23.1 Å². The number of rotatable bonds is 5. The number of halogens is 3. The number of pyridine rings is 2. The molecule has 11 heteroatoms. The van der Waals surface area contributed by atoms with Crippen molar-refractivity contribution >= 4 is 28.6 Å². The molecule has 0 saturated carbocycles. The molecule has 1 aromatic carbocycles. The van der Waals surface area contributed by atoms with Gasteiger partial charge in [0.25, 0.3) is 11.5 Å². The smallest absolute Gasteiger partial charge is 0.417 e. The molecule has 4 rings (SSSR count). The van der Waals surface area contributed by atoms with Crippen molar-refractivity contribution in [1.29, 1.82) is 0 Å². The third kappa shape index (κ3) is 5.02. The number of carbonyl (C=O) groups is 2. The summed E-state index contributed by atoms with van der Waals surface area (Å²) in [6.45, 7) is 5.43. The average Bonchev–Trinajstić information content (AvgIpc) is 2.85. The van der Waals surface area contributed by atoms with Crippen molar-refractivity contribution in [3.05, 3.63) is 87.3 Å². The molecule has 0 atom stereocenters. The van der Waals surface area contributed by atoms with Crippen LogP contribution in [0.4, 0.5) is 13.2 Å². The fourth-order valence-electron chi connectivity index (χ4n) is 3.97. The Morgan fingerprint density at radius 1 is 1.08 bits per heavy atom. The highest BCUT2D eigenvalue weighted by molar-refractivity contribution is 5.98. The van der Waals surface area contributed by atoms with Crippen LogP contribution < -0.4 is 11.0 Å². The highest BCUT2D eigenvalue weighted by atomic mass is 19.4. The molecule has 192 valence electrons. The van der Waals surface area contributed by atoms with E-state index in [2.05, 4.69) is 9.98 Å². The molecule has 0 aliphatic carbocycles. The summed E-state index contributed by atoms with van der Waals surface area (Å²) in [6, 6.07) is 10.4. The fourth-order valence-corrected chi connectivity index (χ4v) is 3.97. The predicted octanol–water partition coefficient (Wildman–Crippen LogP) is 4.24. The van der Waals surface area contributed by atoms with Gasteiger partial charge in [0, 0.05) is 12.7 Å². The van der Waals surface area contributed by atoms with Crippen molar-refractivity contribution in [2.24, 2.45) is 10.9 Å². The molecule has 1 amide bonds. The molecule has 0 aliphatic rings. The highest BCUT2D eigenvalue weighted by Crippen LogP contribution is 2.32. The van der Waals surface area contributed by atoms with Crippen molar-refractivity contribution in [1.82, 2.24) is 14.0 Å². The molecule has 0 saturated heterocycles. The number of alkyl halides is 3. The number of esters is 1. The van der Waals surface area contributed by atoms with E-state index < -0.39 is 34.7 Å². The molecule has 3 heterocycles. The summed E-state index contributed by atoms with van der Waals surface area (Å²) in [6.07, 6.45) is -3.27. The van der Waals surface area contributed by atoms with Gasteiger partial charge in [-0.1, -0.05) is 32.0 Å². The summed E-state index contributed by atoms with van der Waals surface area (Å²) in [5, 5.41) is 0.0643. The molecule has 0 spiro atoms. The summed E-state index contributed by atoms with van der Waals surface area (Å²) < 4.78 is 48.6. The van der Waals surface area contributed by atoms with Gasteiger partial charge in [-0.05, 0) is 43.2 Å². The quantitative estimate of drug-likeness (QED) is 0.295. The van der Waals surface area contributed by atoms with Crippen molar-refractivity contribution < 1.29 is 27.5 Å². The molecule has 37 heavy (non-hydrogen) atoms. The number of nitrogens with zero attached hydrogens (tertiary/aromatic N) is 4. The standard InChI is InChI=1S/C26H23F3N4O4/c1-4-37-25(36)18-13-17-21(30-20-11-7-8-12-32(20)24(17)35)33(14-15(2)3)22(18)31-23(34)16-9-5-6-10-19(16)26(27,28)29/h5-13,15H,4,14H2,1-3H3. The Hall–Kier alpha value is -4.28. The van der Waals surface area contributed by atoms with E-state index >= 15 is 0 Å². The second-order valence-corrected chi connectivity index (χ2v) is 8.65. The lowest BCUT2D eigenvalue weighted by Crippen LogP contribution is -2.34. The van der Waals surface area contributed by atoms with Gasteiger partial charge < -0.3 is 9.30 Å². The van der Waals surface area contributed by atoms with E-state index in [1.165, 1.54) is 33.4 Å². The molecule has 0 aliphatic heterocycles. The minimum atomic E-state index is -4.79. The average molecular weight is 512 g/mol. The first kappa shape index (κ1) is 25.8. The topological polar surface area (TPSA) is 95.0 Å². The number of carbonyl (C=O) groups excluding carboxylic acids is 2. The van der Waals surface area contributed by atoms with Crippen LogP contribution in [0.2, 0.25) is 0 Å². The Labute approximate surface area is 208 Å². The number of amides is 1. The second-order valence-electron chi connectivity index (χ2n) is 8.65. The van der Waals surface area contributed by atoms with E-state index in [1.807, 2.05) is 13.8 Å². The molecule has 3 aromatic heterocycles. The van der Waals surface area contributed by atoms with Gasteiger partial charge in [0.15, 0.2) is 5.49 Å². The summed E-state index contributed by atoms with van der Waals surface area (Å²) in [4.78, 5) is 48.0. The van der Waals surface area contributed by atoms with Gasteiger partial charge >= 0.3 is 12.1 Å². The first-order chi connectivity index (χ1) is 17.5. The van der Waals surface area contributed by atoms with Crippen molar-refractivity contribution in [3.63, 3.8) is 0 Å². The number of hydrogen-bond acceptors (Lipinski definition) is 5. The minimum absolute atomic E-state index is 0.0136. The third-order valence-corrected chi connectivity index (χ3v) is 5.50. The van der Waals surface area contributed by atoms with Gasteiger partial charge in [0.1, 0.15) is 16.9 Å². The molecule has 0 bridgehead atoms. The predicted molar refractivity (Wildman–Crippen MR) is 129 cm³/mol. The van der Waals surface area contributed by atoms with Gasteiger partial charge in [-0.3, -0.25) is 14.0 Å². The molecule has 0 radical (unpaired) electrons. The maximum absolute atomic E-state index is 13.6. The summed E-state index contributed by atoms with van der Waals surface area (Å²) in [5.41, 5.74) is -2.33. The van der Waals surface area contributed by atoms with Crippen molar-refractivity contribution in [2.45, 2.75) is 33.5 Å². The van der Waals surface area contributed by atoms with E-state index in [-0.39, 0.29) is 41.2 Å². The zero-order chi connectivity index (χ0) is 26.9. The molecular formula is C26H23F3N4O4. The Bertz CT molecular complexity index is 1650. The van der Waals surface area contributed by atoms with Crippen LogP contribution in [0.25, 0.3) is 16.7 Å². The Balaban J connectivity index is 2.14. The Morgan fingerprint density at radius 3 is 2.46 bits per heavy atom. The minimum Gasteiger partial charge on any atom is -0.462 e. The summed E-state index contributed by atoms with van der Waals surface area (Å²) in [5.74, 6) is -2.16. The Kier molecular flexibility index (Phi) is 6.97. The van der Waals surface area contributed by atoms with E-state index in [9.17, 15) is 27.6 Å². The summed E-state index contributed by atoms with van der Waals surface area (Å²) >= 11 is 0. The number of fused-ring (bicyclic) bond motifs is 2. The highest BCUT2D eigenvalue weighted by Gasteiger charge is 2.35. The SMILES string of the molecule is CCOC(=O)c1cc2c(=O)n3ccccc3nc2n(CC(C)C)c1=NC(=O)c1ccccc1C(F)(F)F. The van der Waals surface area contributed by atoms with Crippen LogP contribution >= 0.6 is 0 Å². The Morgan fingerprint density at radius 2 is 1.78 bits per heavy atom. The zero-order valence-corrected chi connectivity index (χ0v) is 20.2. The largest absolute Gasteiger partial charge is 0.462 e. The normalized spacial score (nSPS) is 12.5. The molecule has 4 aromatic rings. The molecule has 8 nitrogen and oxygen atoms in total. The molecular weight excluding hydrogens is 489 g/mol. The van der Waals surface area contributed by atoms with Gasteiger partial charge in [-0.15, -0.1) is 0 Å². The first-order valence-electron chi connectivity index (χ1n) is 11.5. The molecule has 0 fully saturated rings. The summed E-state index contributed by atoms with van der Waals surface area (Å²) in [7, 11) is 0. The van der Waals surface area contributed by atoms with Crippen LogP contribution in [0.15, 0.2) is 64.5 Å². The van der Waals surface area contributed by atoms with Crippen LogP contribution in [-0.2, 0) is 17.5 Å². The lowest BCUT2D eigenvalue weighted by Gasteiger charge is -2.17. The fraction of sp³-hybridized carbons (Fsp3) is 0.269. The monoisotopic (exact) mass is 512 g/mol. The zero-order valence-electron chi connectivity index (χ0n) is 20.2. The van der Waals surface area contributed by atoms with E-state index in [0.717, 1.165) is 12.1 Å². The number of hydrogen-bond donors (Lipinski definition) is 0.